The Balaban J connectivity index is 2.04. The van der Waals surface area contributed by atoms with Crippen LogP contribution in [0.25, 0.3) is 0 Å². The van der Waals surface area contributed by atoms with E-state index in [0.29, 0.717) is 0 Å². The molecule has 1 heterocycles. The molecule has 0 bridgehead atoms. The molecule has 2 rings (SSSR count). The van der Waals surface area contributed by atoms with Gasteiger partial charge in [0.2, 0.25) is 0 Å². The van der Waals surface area contributed by atoms with Gasteiger partial charge >= 0.3 is 0 Å². The number of anilines is 2. The lowest BCUT2D eigenvalue weighted by Gasteiger charge is -2.24. The Morgan fingerprint density at radius 1 is 1.11 bits per heavy atom. The van der Waals surface area contributed by atoms with E-state index in [1.54, 1.807) is 0 Å². The van der Waals surface area contributed by atoms with Gasteiger partial charge in [0.1, 0.15) is 0 Å². The summed E-state index contributed by atoms with van der Waals surface area (Å²) < 4.78 is 0. The average Bonchev–Trinajstić information content (AvgIpc) is 2.44. The molecule has 100 valence electrons. The lowest BCUT2D eigenvalue weighted by Crippen LogP contribution is -2.26. The fourth-order valence-electron chi connectivity index (χ4n) is 2.17. The highest BCUT2D eigenvalue weighted by Gasteiger charge is 2.06. The van der Waals surface area contributed by atoms with Crippen molar-refractivity contribution < 1.29 is 0 Å². The largest absolute Gasteiger partial charge is 0.399 e. The van der Waals surface area contributed by atoms with Gasteiger partial charge in [0.25, 0.3) is 0 Å². The van der Waals surface area contributed by atoms with Gasteiger partial charge in [-0.25, -0.2) is 0 Å². The first kappa shape index (κ1) is 13.4. The maximum absolute atomic E-state index is 5.86. The zero-order valence-corrected chi connectivity index (χ0v) is 11.4. The molecule has 0 saturated carbocycles. The van der Waals surface area contributed by atoms with E-state index in [2.05, 4.69) is 35.0 Å². The summed E-state index contributed by atoms with van der Waals surface area (Å²) in [4.78, 5) is 6.43. The number of aromatic nitrogens is 1. The summed E-state index contributed by atoms with van der Waals surface area (Å²) >= 11 is 0. The first-order chi connectivity index (χ1) is 9.29. The Kier molecular flexibility index (Phi) is 4.78. The molecule has 3 nitrogen and oxygen atoms in total. The van der Waals surface area contributed by atoms with Crippen molar-refractivity contribution in [1.82, 2.24) is 4.98 Å². The molecular formula is C16H21N3. The average molecular weight is 255 g/mol. The minimum Gasteiger partial charge on any atom is -0.399 e. The molecule has 0 amide bonds. The zero-order chi connectivity index (χ0) is 13.5. The molecule has 0 radical (unpaired) electrons. The van der Waals surface area contributed by atoms with E-state index in [-0.39, 0.29) is 0 Å². The molecule has 1 aromatic carbocycles. The molecule has 2 aromatic rings. The smallest absolute Gasteiger partial charge is 0.0386 e. The molecule has 0 aliphatic heterocycles. The Morgan fingerprint density at radius 3 is 2.58 bits per heavy atom. The Morgan fingerprint density at radius 2 is 1.89 bits per heavy atom. The number of hydrogen-bond donors (Lipinski definition) is 1. The molecule has 0 aliphatic rings. The van der Waals surface area contributed by atoms with E-state index in [4.69, 9.17) is 5.73 Å². The first-order valence-corrected chi connectivity index (χ1v) is 6.79. The summed E-state index contributed by atoms with van der Waals surface area (Å²) in [5.74, 6) is 0. The van der Waals surface area contributed by atoms with E-state index in [1.807, 2.05) is 30.6 Å². The fourth-order valence-corrected chi connectivity index (χ4v) is 2.17. The van der Waals surface area contributed by atoms with Gasteiger partial charge in [-0.15, -0.1) is 0 Å². The number of pyridine rings is 1. The van der Waals surface area contributed by atoms with Crippen LogP contribution in [-0.4, -0.2) is 18.1 Å². The van der Waals surface area contributed by atoms with Crippen molar-refractivity contribution >= 4 is 11.4 Å². The van der Waals surface area contributed by atoms with E-state index >= 15 is 0 Å². The quantitative estimate of drug-likeness (QED) is 0.806. The summed E-state index contributed by atoms with van der Waals surface area (Å²) in [5, 5.41) is 0. The maximum Gasteiger partial charge on any atom is 0.0386 e. The lowest BCUT2D eigenvalue weighted by molar-refractivity contribution is 0.756. The van der Waals surface area contributed by atoms with Gasteiger partial charge in [0, 0.05) is 36.9 Å². The van der Waals surface area contributed by atoms with Crippen molar-refractivity contribution in [3.05, 3.63) is 54.4 Å². The molecular weight excluding hydrogens is 234 g/mol. The van der Waals surface area contributed by atoms with Crippen LogP contribution in [0.1, 0.15) is 18.9 Å². The van der Waals surface area contributed by atoms with Crippen molar-refractivity contribution in [3.63, 3.8) is 0 Å². The molecule has 19 heavy (non-hydrogen) atoms. The topological polar surface area (TPSA) is 42.2 Å². The molecule has 0 atom stereocenters. The second-order valence-corrected chi connectivity index (χ2v) is 4.69. The normalized spacial score (nSPS) is 10.4. The van der Waals surface area contributed by atoms with Gasteiger partial charge in [0.05, 0.1) is 0 Å². The van der Waals surface area contributed by atoms with Crippen LogP contribution in [0.15, 0.2) is 48.8 Å². The van der Waals surface area contributed by atoms with Crippen molar-refractivity contribution in [2.45, 2.75) is 19.8 Å². The Labute approximate surface area is 115 Å². The molecule has 0 unspecified atom stereocenters. The first-order valence-electron chi connectivity index (χ1n) is 6.79. The van der Waals surface area contributed by atoms with E-state index < -0.39 is 0 Å². The van der Waals surface area contributed by atoms with Crippen molar-refractivity contribution in [2.75, 3.05) is 23.7 Å². The second kappa shape index (κ2) is 6.78. The van der Waals surface area contributed by atoms with Crippen molar-refractivity contribution in [2.24, 2.45) is 0 Å². The van der Waals surface area contributed by atoms with Gasteiger partial charge in [-0.3, -0.25) is 4.98 Å². The predicted octanol–water partition coefficient (Wildman–Crippen LogP) is 3.12. The minimum atomic E-state index is 0.822. The van der Waals surface area contributed by atoms with Gasteiger partial charge in [0.15, 0.2) is 0 Å². The molecule has 1 aromatic heterocycles. The number of nitrogens with two attached hydrogens (primary N) is 1. The van der Waals surface area contributed by atoms with E-state index in [1.165, 1.54) is 11.3 Å². The molecule has 0 aliphatic carbocycles. The van der Waals surface area contributed by atoms with Gasteiger partial charge in [-0.1, -0.05) is 13.0 Å². The lowest BCUT2D eigenvalue weighted by atomic mass is 10.1. The second-order valence-electron chi connectivity index (χ2n) is 4.69. The molecule has 0 saturated heterocycles. The van der Waals surface area contributed by atoms with Crippen LogP contribution in [0.5, 0.6) is 0 Å². The van der Waals surface area contributed by atoms with E-state index in [9.17, 15) is 0 Å². The van der Waals surface area contributed by atoms with Crippen LogP contribution in [-0.2, 0) is 6.42 Å². The summed E-state index contributed by atoms with van der Waals surface area (Å²) in [6.45, 7) is 4.25. The fraction of sp³-hybridized carbons (Fsp3) is 0.312. The zero-order valence-electron chi connectivity index (χ0n) is 11.4. The third kappa shape index (κ3) is 3.98. The summed E-state index contributed by atoms with van der Waals surface area (Å²) in [6.07, 6.45) is 5.85. The minimum absolute atomic E-state index is 0.822. The number of benzene rings is 1. The molecule has 0 spiro atoms. The standard InChI is InChI=1S/C16H21N3/c1-2-11-19(16-5-3-4-15(17)13-16)12-8-14-6-9-18-10-7-14/h3-7,9-10,13H,2,8,11-12,17H2,1H3. The number of rotatable bonds is 6. The Bertz CT molecular complexity index is 496. The van der Waals surface area contributed by atoms with E-state index in [0.717, 1.165) is 31.6 Å². The van der Waals surface area contributed by atoms with Crippen LogP contribution in [0.3, 0.4) is 0 Å². The molecule has 3 heteroatoms. The van der Waals surface area contributed by atoms with Crippen LogP contribution in [0.2, 0.25) is 0 Å². The van der Waals surface area contributed by atoms with Gasteiger partial charge < -0.3 is 10.6 Å². The van der Waals surface area contributed by atoms with Crippen LogP contribution in [0, 0.1) is 0 Å². The highest BCUT2D eigenvalue weighted by Crippen LogP contribution is 2.18. The summed E-state index contributed by atoms with van der Waals surface area (Å²) in [5.41, 5.74) is 9.21. The monoisotopic (exact) mass is 255 g/mol. The van der Waals surface area contributed by atoms with Crippen molar-refractivity contribution in [3.8, 4) is 0 Å². The summed E-state index contributed by atoms with van der Waals surface area (Å²) in [6, 6.07) is 12.3. The van der Waals surface area contributed by atoms with Gasteiger partial charge in [-0.05, 0) is 48.7 Å². The van der Waals surface area contributed by atoms with Gasteiger partial charge in [-0.2, -0.15) is 0 Å². The van der Waals surface area contributed by atoms with Crippen LogP contribution < -0.4 is 10.6 Å². The maximum atomic E-state index is 5.86. The predicted molar refractivity (Wildman–Crippen MR) is 81.3 cm³/mol. The summed E-state index contributed by atoms with van der Waals surface area (Å²) in [7, 11) is 0. The third-order valence-corrected chi connectivity index (χ3v) is 3.15. The SMILES string of the molecule is CCCN(CCc1ccncc1)c1cccc(N)c1. The molecule has 2 N–H and O–H groups in total. The van der Waals surface area contributed by atoms with Crippen LogP contribution in [0.4, 0.5) is 11.4 Å². The molecule has 0 fully saturated rings. The third-order valence-electron chi connectivity index (χ3n) is 3.15. The highest BCUT2D eigenvalue weighted by molar-refractivity contribution is 5.55. The number of nitrogens with zero attached hydrogens (tertiary/aromatic N) is 2. The number of nitrogen functional groups attached to an aromatic ring is 1. The van der Waals surface area contributed by atoms with Crippen LogP contribution >= 0.6 is 0 Å². The highest BCUT2D eigenvalue weighted by atomic mass is 15.1. The van der Waals surface area contributed by atoms with Crippen molar-refractivity contribution in [1.29, 1.82) is 0 Å². The Hall–Kier alpha value is -2.03. The number of hydrogen-bond acceptors (Lipinski definition) is 3.